The van der Waals surface area contributed by atoms with Crippen LogP contribution in [0.2, 0.25) is 0 Å². The Morgan fingerprint density at radius 2 is 2.19 bits per heavy atom. The number of aromatic nitrogens is 1. The van der Waals surface area contributed by atoms with Crippen LogP contribution in [-0.4, -0.2) is 60.1 Å². The van der Waals surface area contributed by atoms with Crippen LogP contribution in [0.5, 0.6) is 0 Å². The number of amides is 1. The molecule has 2 atom stereocenters. The summed E-state index contributed by atoms with van der Waals surface area (Å²) in [5.41, 5.74) is 1.21. The highest BCUT2D eigenvalue weighted by atomic mass is 16.5. The Bertz CT molecular complexity index is 474. The lowest BCUT2D eigenvalue weighted by molar-refractivity contribution is -0.140. The van der Waals surface area contributed by atoms with Crippen molar-refractivity contribution in [1.82, 2.24) is 14.8 Å². The minimum atomic E-state index is 0.125. The highest BCUT2D eigenvalue weighted by molar-refractivity contribution is 5.79. The second-order valence-corrected chi connectivity index (χ2v) is 6.08. The minimum absolute atomic E-state index is 0.125. The van der Waals surface area contributed by atoms with Crippen molar-refractivity contribution in [2.75, 3.05) is 39.4 Å². The second-order valence-electron chi connectivity index (χ2n) is 6.08. The molecule has 0 N–H and O–H groups in total. The summed E-state index contributed by atoms with van der Waals surface area (Å²) >= 11 is 0. The molecule has 1 aromatic rings. The summed E-state index contributed by atoms with van der Waals surface area (Å²) in [5, 5.41) is 0. The van der Waals surface area contributed by atoms with E-state index in [2.05, 4.69) is 22.9 Å². The van der Waals surface area contributed by atoms with Crippen LogP contribution in [-0.2, 0) is 16.1 Å². The van der Waals surface area contributed by atoms with E-state index in [1.807, 2.05) is 17.2 Å². The third-order valence-electron chi connectivity index (χ3n) is 4.46. The molecule has 2 saturated heterocycles. The van der Waals surface area contributed by atoms with Gasteiger partial charge in [0.2, 0.25) is 5.91 Å². The standard InChI is InChI=1S/C16H23N3O2/c1-13-10-18(11-14-3-2-4-17-9-14)12-15(13)16(20)19-5-7-21-8-6-19/h2-4,9,13,15H,5-8,10-12H2,1H3/t13-,15-/m1/s1. The molecule has 3 heterocycles. The van der Waals surface area contributed by atoms with Gasteiger partial charge in [0.15, 0.2) is 0 Å². The number of hydrogen-bond donors (Lipinski definition) is 0. The molecule has 21 heavy (non-hydrogen) atoms. The van der Waals surface area contributed by atoms with Gasteiger partial charge in [-0.05, 0) is 17.5 Å². The lowest BCUT2D eigenvalue weighted by atomic mass is 9.96. The fourth-order valence-electron chi connectivity index (χ4n) is 3.29. The molecule has 114 valence electrons. The van der Waals surface area contributed by atoms with Gasteiger partial charge < -0.3 is 9.64 Å². The third kappa shape index (κ3) is 3.41. The molecule has 2 fully saturated rings. The van der Waals surface area contributed by atoms with Gasteiger partial charge in [0.05, 0.1) is 19.1 Å². The summed E-state index contributed by atoms with van der Waals surface area (Å²) in [6.45, 7) is 7.73. The molecule has 0 saturated carbocycles. The Morgan fingerprint density at radius 1 is 1.38 bits per heavy atom. The van der Waals surface area contributed by atoms with Gasteiger partial charge in [0.25, 0.3) is 0 Å². The van der Waals surface area contributed by atoms with Crippen molar-refractivity contribution in [2.45, 2.75) is 13.5 Å². The lowest BCUT2D eigenvalue weighted by Crippen LogP contribution is -2.45. The predicted octanol–water partition coefficient (Wildman–Crippen LogP) is 1.01. The Kier molecular flexibility index (Phi) is 4.51. The van der Waals surface area contributed by atoms with Crippen molar-refractivity contribution in [3.05, 3.63) is 30.1 Å². The number of rotatable bonds is 3. The number of nitrogens with zero attached hydrogens (tertiary/aromatic N) is 3. The topological polar surface area (TPSA) is 45.7 Å². The van der Waals surface area contributed by atoms with Crippen LogP contribution in [0.15, 0.2) is 24.5 Å². The van der Waals surface area contributed by atoms with Gasteiger partial charge in [0, 0.05) is 45.1 Å². The number of morpholine rings is 1. The van der Waals surface area contributed by atoms with Gasteiger partial charge in [-0.3, -0.25) is 14.7 Å². The molecule has 3 rings (SSSR count). The smallest absolute Gasteiger partial charge is 0.227 e. The monoisotopic (exact) mass is 289 g/mol. The average Bonchev–Trinajstić information content (AvgIpc) is 2.89. The molecule has 0 radical (unpaired) electrons. The molecule has 0 spiro atoms. The van der Waals surface area contributed by atoms with E-state index in [1.165, 1.54) is 5.56 Å². The Labute approximate surface area is 125 Å². The van der Waals surface area contributed by atoms with Crippen LogP contribution in [0.4, 0.5) is 0 Å². The van der Waals surface area contributed by atoms with Crippen molar-refractivity contribution >= 4 is 5.91 Å². The summed E-state index contributed by atoms with van der Waals surface area (Å²) < 4.78 is 5.33. The molecule has 1 aromatic heterocycles. The number of ether oxygens (including phenoxy) is 1. The molecular weight excluding hydrogens is 266 g/mol. The zero-order valence-corrected chi connectivity index (χ0v) is 12.6. The number of hydrogen-bond acceptors (Lipinski definition) is 4. The maximum Gasteiger partial charge on any atom is 0.227 e. The Hall–Kier alpha value is -1.46. The van der Waals surface area contributed by atoms with Crippen LogP contribution in [0.25, 0.3) is 0 Å². The molecule has 0 aromatic carbocycles. The van der Waals surface area contributed by atoms with Crippen LogP contribution < -0.4 is 0 Å². The van der Waals surface area contributed by atoms with E-state index in [4.69, 9.17) is 4.74 Å². The van der Waals surface area contributed by atoms with E-state index in [0.29, 0.717) is 25.0 Å². The van der Waals surface area contributed by atoms with Crippen molar-refractivity contribution in [3.8, 4) is 0 Å². The maximum atomic E-state index is 12.6. The summed E-state index contributed by atoms with van der Waals surface area (Å²) in [4.78, 5) is 21.1. The van der Waals surface area contributed by atoms with Gasteiger partial charge in [0.1, 0.15) is 0 Å². The number of carbonyl (C=O) groups excluding carboxylic acids is 1. The van der Waals surface area contributed by atoms with Crippen molar-refractivity contribution in [3.63, 3.8) is 0 Å². The third-order valence-corrected chi connectivity index (χ3v) is 4.46. The van der Waals surface area contributed by atoms with Gasteiger partial charge in [-0.1, -0.05) is 13.0 Å². The van der Waals surface area contributed by atoms with Gasteiger partial charge >= 0.3 is 0 Å². The Balaban J connectivity index is 1.59. The fourth-order valence-corrected chi connectivity index (χ4v) is 3.29. The maximum absolute atomic E-state index is 12.6. The molecule has 5 heteroatoms. The zero-order valence-electron chi connectivity index (χ0n) is 12.6. The average molecular weight is 289 g/mol. The Morgan fingerprint density at radius 3 is 2.90 bits per heavy atom. The summed E-state index contributed by atoms with van der Waals surface area (Å²) in [6.07, 6.45) is 3.70. The first-order chi connectivity index (χ1) is 10.2. The highest BCUT2D eigenvalue weighted by Crippen LogP contribution is 2.26. The first kappa shape index (κ1) is 14.5. The van der Waals surface area contributed by atoms with Crippen LogP contribution in [0, 0.1) is 11.8 Å². The first-order valence-electron chi connectivity index (χ1n) is 7.72. The van der Waals surface area contributed by atoms with Crippen molar-refractivity contribution in [2.24, 2.45) is 11.8 Å². The normalized spacial score (nSPS) is 27.0. The molecule has 0 aliphatic carbocycles. The van der Waals surface area contributed by atoms with E-state index in [9.17, 15) is 4.79 Å². The summed E-state index contributed by atoms with van der Waals surface area (Å²) in [6, 6.07) is 4.06. The second kappa shape index (κ2) is 6.54. The molecule has 5 nitrogen and oxygen atoms in total. The van der Waals surface area contributed by atoms with E-state index in [-0.39, 0.29) is 5.92 Å². The number of likely N-dealkylation sites (tertiary alicyclic amines) is 1. The molecule has 0 bridgehead atoms. The van der Waals surface area contributed by atoms with E-state index in [0.717, 1.165) is 32.7 Å². The molecule has 0 unspecified atom stereocenters. The van der Waals surface area contributed by atoms with Crippen molar-refractivity contribution < 1.29 is 9.53 Å². The fraction of sp³-hybridized carbons (Fsp3) is 0.625. The van der Waals surface area contributed by atoms with E-state index in [1.54, 1.807) is 6.20 Å². The van der Waals surface area contributed by atoms with Gasteiger partial charge in [-0.25, -0.2) is 0 Å². The first-order valence-corrected chi connectivity index (χ1v) is 7.72. The van der Waals surface area contributed by atoms with Crippen LogP contribution >= 0.6 is 0 Å². The molecule has 2 aliphatic heterocycles. The molecule has 2 aliphatic rings. The number of pyridine rings is 1. The van der Waals surface area contributed by atoms with Gasteiger partial charge in [-0.2, -0.15) is 0 Å². The molecule has 1 amide bonds. The largest absolute Gasteiger partial charge is 0.378 e. The van der Waals surface area contributed by atoms with Crippen LogP contribution in [0.3, 0.4) is 0 Å². The van der Waals surface area contributed by atoms with Gasteiger partial charge in [-0.15, -0.1) is 0 Å². The van der Waals surface area contributed by atoms with Crippen LogP contribution in [0.1, 0.15) is 12.5 Å². The summed E-state index contributed by atoms with van der Waals surface area (Å²) in [5.74, 6) is 0.844. The SMILES string of the molecule is C[C@@H]1CN(Cc2cccnc2)C[C@H]1C(=O)N1CCOCC1. The van der Waals surface area contributed by atoms with Crippen molar-refractivity contribution in [1.29, 1.82) is 0 Å². The highest BCUT2D eigenvalue weighted by Gasteiger charge is 2.37. The molecular formula is C16H23N3O2. The predicted molar refractivity (Wildman–Crippen MR) is 79.6 cm³/mol. The quantitative estimate of drug-likeness (QED) is 0.833. The van der Waals surface area contributed by atoms with E-state index >= 15 is 0 Å². The lowest BCUT2D eigenvalue weighted by Gasteiger charge is -2.30. The minimum Gasteiger partial charge on any atom is -0.378 e. The number of carbonyl (C=O) groups is 1. The zero-order chi connectivity index (χ0) is 14.7. The van der Waals surface area contributed by atoms with E-state index < -0.39 is 0 Å². The summed E-state index contributed by atoms with van der Waals surface area (Å²) in [7, 11) is 0.